The van der Waals surface area contributed by atoms with Crippen molar-refractivity contribution in [2.75, 3.05) is 19.7 Å². The maximum Gasteiger partial charge on any atom is 0.331 e. The lowest BCUT2D eigenvalue weighted by atomic mass is 9.76. The van der Waals surface area contributed by atoms with Crippen molar-refractivity contribution < 1.29 is 14.3 Å². The number of hydrogen-bond acceptors (Lipinski definition) is 5. The monoisotopic (exact) mass is 439 g/mol. The smallest absolute Gasteiger partial charge is 0.331 e. The molecule has 1 aromatic carbocycles. The van der Waals surface area contributed by atoms with Gasteiger partial charge in [0.25, 0.3) is 11.5 Å². The number of benzene rings is 1. The van der Waals surface area contributed by atoms with Gasteiger partial charge in [0.15, 0.2) is 0 Å². The summed E-state index contributed by atoms with van der Waals surface area (Å²) in [4.78, 5) is 52.1. The quantitative estimate of drug-likeness (QED) is 0.642. The summed E-state index contributed by atoms with van der Waals surface area (Å²) in [7, 11) is 2.82. The van der Waals surface area contributed by atoms with Gasteiger partial charge in [0.05, 0.1) is 12.0 Å². The van der Waals surface area contributed by atoms with Gasteiger partial charge in [-0.2, -0.15) is 0 Å². The minimum atomic E-state index is -0.881. The number of aromatic nitrogens is 2. The third kappa shape index (κ3) is 4.74. The van der Waals surface area contributed by atoms with Gasteiger partial charge in [-0.05, 0) is 31.7 Å². The summed E-state index contributed by atoms with van der Waals surface area (Å²) in [5.74, 6) is -0.782. The summed E-state index contributed by atoms with van der Waals surface area (Å²) in [6, 6.07) is 10.9. The van der Waals surface area contributed by atoms with Crippen LogP contribution in [0.25, 0.3) is 6.08 Å². The van der Waals surface area contributed by atoms with E-state index in [0.717, 1.165) is 10.1 Å². The van der Waals surface area contributed by atoms with Crippen LogP contribution in [-0.2, 0) is 23.6 Å². The van der Waals surface area contributed by atoms with Crippen LogP contribution in [0, 0.1) is 5.41 Å². The molecule has 0 radical (unpaired) electrons. The first-order valence-electron chi connectivity index (χ1n) is 10.7. The van der Waals surface area contributed by atoms with Gasteiger partial charge < -0.3 is 9.64 Å². The number of nitrogens with zero attached hydrogens (tertiary/aromatic N) is 3. The SMILES string of the molecule is CCOC(=O)C1(CC=Cc2ccccc2)CCCN(C(=O)c2cc(=O)n(C)c(=O)n2C)C1. The minimum absolute atomic E-state index is 0.0117. The van der Waals surface area contributed by atoms with Crippen molar-refractivity contribution in [1.29, 1.82) is 0 Å². The minimum Gasteiger partial charge on any atom is -0.466 e. The lowest BCUT2D eigenvalue weighted by molar-refractivity contribution is -0.158. The Morgan fingerprint density at radius 1 is 1.12 bits per heavy atom. The van der Waals surface area contributed by atoms with Gasteiger partial charge in [0.2, 0.25) is 0 Å². The Morgan fingerprint density at radius 2 is 1.84 bits per heavy atom. The van der Waals surface area contributed by atoms with E-state index in [1.165, 1.54) is 24.7 Å². The molecule has 1 aliphatic rings. The Hall–Kier alpha value is -3.42. The average molecular weight is 440 g/mol. The Morgan fingerprint density at radius 3 is 2.53 bits per heavy atom. The molecule has 1 atom stereocenters. The highest BCUT2D eigenvalue weighted by molar-refractivity contribution is 5.93. The summed E-state index contributed by atoms with van der Waals surface area (Å²) >= 11 is 0. The lowest BCUT2D eigenvalue weighted by Crippen LogP contribution is -2.51. The summed E-state index contributed by atoms with van der Waals surface area (Å²) in [5.41, 5.74) is -0.965. The summed E-state index contributed by atoms with van der Waals surface area (Å²) < 4.78 is 7.49. The standard InChI is InChI=1S/C24H29N3O5/c1-4-32-22(30)24(13-8-12-18-10-6-5-7-11-18)14-9-15-27(17-24)21(29)19-16-20(28)26(3)23(31)25(19)2/h5-8,10-12,16H,4,9,13-15,17H2,1-3H3. The van der Waals surface area contributed by atoms with Crippen LogP contribution in [0.1, 0.15) is 42.2 Å². The van der Waals surface area contributed by atoms with Crippen molar-refractivity contribution >= 4 is 18.0 Å². The molecule has 1 aliphatic heterocycles. The molecular formula is C24H29N3O5. The zero-order valence-electron chi connectivity index (χ0n) is 18.7. The first-order chi connectivity index (χ1) is 15.3. The normalized spacial score (nSPS) is 18.7. The van der Waals surface area contributed by atoms with E-state index in [2.05, 4.69) is 0 Å². The molecule has 170 valence electrons. The number of amides is 1. The van der Waals surface area contributed by atoms with Gasteiger partial charge in [0.1, 0.15) is 5.69 Å². The number of ether oxygens (including phenoxy) is 1. The molecule has 32 heavy (non-hydrogen) atoms. The van der Waals surface area contributed by atoms with Crippen molar-refractivity contribution in [2.45, 2.75) is 26.2 Å². The largest absolute Gasteiger partial charge is 0.466 e. The molecule has 2 aromatic rings. The Balaban J connectivity index is 1.89. The average Bonchev–Trinajstić information content (AvgIpc) is 2.80. The molecule has 0 saturated carbocycles. The van der Waals surface area contributed by atoms with E-state index in [0.29, 0.717) is 25.8 Å². The van der Waals surface area contributed by atoms with Gasteiger partial charge in [-0.3, -0.25) is 23.5 Å². The number of hydrogen-bond donors (Lipinski definition) is 0. The van der Waals surface area contributed by atoms with E-state index >= 15 is 0 Å². The molecule has 3 rings (SSSR count). The van der Waals surface area contributed by atoms with Crippen LogP contribution in [-0.4, -0.2) is 45.6 Å². The fraction of sp³-hybridized carbons (Fsp3) is 0.417. The molecule has 0 N–H and O–H groups in total. The van der Waals surface area contributed by atoms with Crippen molar-refractivity contribution in [2.24, 2.45) is 19.5 Å². The highest BCUT2D eigenvalue weighted by Gasteiger charge is 2.44. The third-order valence-corrected chi connectivity index (χ3v) is 5.94. The summed E-state index contributed by atoms with van der Waals surface area (Å²) in [6.45, 7) is 2.60. The van der Waals surface area contributed by atoms with Crippen molar-refractivity contribution in [3.63, 3.8) is 0 Å². The van der Waals surface area contributed by atoms with E-state index < -0.39 is 22.6 Å². The molecule has 0 bridgehead atoms. The van der Waals surface area contributed by atoms with E-state index in [1.54, 1.807) is 11.8 Å². The number of piperidine rings is 1. The molecule has 8 heteroatoms. The lowest BCUT2D eigenvalue weighted by Gasteiger charge is -2.40. The van der Waals surface area contributed by atoms with E-state index in [1.807, 2.05) is 42.5 Å². The zero-order chi connectivity index (χ0) is 23.3. The summed E-state index contributed by atoms with van der Waals surface area (Å²) in [5, 5.41) is 0. The van der Waals surface area contributed by atoms with Crippen LogP contribution in [0.3, 0.4) is 0 Å². The van der Waals surface area contributed by atoms with Crippen LogP contribution in [0.4, 0.5) is 0 Å². The second-order valence-electron chi connectivity index (χ2n) is 8.12. The van der Waals surface area contributed by atoms with E-state index in [9.17, 15) is 19.2 Å². The van der Waals surface area contributed by atoms with E-state index in [-0.39, 0.29) is 24.8 Å². The number of allylic oxidation sites excluding steroid dienone is 1. The molecule has 0 aliphatic carbocycles. The number of esters is 1. The van der Waals surface area contributed by atoms with Crippen molar-refractivity contribution in [3.05, 3.63) is 74.6 Å². The first kappa shape index (κ1) is 23.2. The van der Waals surface area contributed by atoms with Crippen LogP contribution in [0.5, 0.6) is 0 Å². The number of carbonyl (C=O) groups excluding carboxylic acids is 2. The molecular weight excluding hydrogens is 410 g/mol. The number of rotatable bonds is 6. The Bertz CT molecular complexity index is 1130. The molecule has 1 fully saturated rings. The molecule has 1 saturated heterocycles. The van der Waals surface area contributed by atoms with Crippen LogP contribution in [0.2, 0.25) is 0 Å². The van der Waals surface area contributed by atoms with Gasteiger partial charge in [0, 0.05) is 33.3 Å². The second-order valence-corrected chi connectivity index (χ2v) is 8.12. The fourth-order valence-corrected chi connectivity index (χ4v) is 4.09. The van der Waals surface area contributed by atoms with Gasteiger partial charge >= 0.3 is 11.7 Å². The maximum atomic E-state index is 13.2. The number of carbonyl (C=O) groups is 2. The van der Waals surface area contributed by atoms with Crippen LogP contribution < -0.4 is 11.2 Å². The van der Waals surface area contributed by atoms with Crippen LogP contribution in [0.15, 0.2) is 52.1 Å². The highest BCUT2D eigenvalue weighted by atomic mass is 16.5. The maximum absolute atomic E-state index is 13.2. The molecule has 2 heterocycles. The molecule has 0 spiro atoms. The molecule has 8 nitrogen and oxygen atoms in total. The van der Waals surface area contributed by atoms with E-state index in [4.69, 9.17) is 4.74 Å². The Kier molecular flexibility index (Phi) is 7.12. The summed E-state index contributed by atoms with van der Waals surface area (Å²) in [6.07, 6.45) is 5.51. The van der Waals surface area contributed by atoms with Crippen molar-refractivity contribution in [3.8, 4) is 0 Å². The van der Waals surface area contributed by atoms with Crippen LogP contribution >= 0.6 is 0 Å². The first-order valence-corrected chi connectivity index (χ1v) is 10.7. The van der Waals surface area contributed by atoms with Gasteiger partial charge in [-0.15, -0.1) is 0 Å². The predicted molar refractivity (Wildman–Crippen MR) is 121 cm³/mol. The van der Waals surface area contributed by atoms with Gasteiger partial charge in [-0.25, -0.2) is 4.79 Å². The third-order valence-electron chi connectivity index (χ3n) is 5.94. The second kappa shape index (κ2) is 9.80. The van der Waals surface area contributed by atoms with Crippen molar-refractivity contribution in [1.82, 2.24) is 14.0 Å². The van der Waals surface area contributed by atoms with Gasteiger partial charge in [-0.1, -0.05) is 42.5 Å². The zero-order valence-corrected chi connectivity index (χ0v) is 18.7. The number of likely N-dealkylation sites (tertiary alicyclic amines) is 1. The topological polar surface area (TPSA) is 90.6 Å². The Labute approximate surface area is 186 Å². The fourth-order valence-electron chi connectivity index (χ4n) is 4.09. The highest BCUT2D eigenvalue weighted by Crippen LogP contribution is 2.36. The predicted octanol–water partition coefficient (Wildman–Crippen LogP) is 1.97. The molecule has 1 aromatic heterocycles. The molecule has 1 amide bonds. The molecule has 1 unspecified atom stereocenters.